The number of hydrogen-bond acceptors (Lipinski definition) is 3. The Kier molecular flexibility index (Phi) is 4.77. The molecule has 1 aliphatic heterocycles. The Bertz CT molecular complexity index is 621. The molecule has 2 rings (SSSR count). The van der Waals surface area contributed by atoms with Crippen LogP contribution in [-0.2, 0) is 4.79 Å². The molecule has 1 heterocycles. The maximum Gasteiger partial charge on any atom is 0.266 e. The van der Waals surface area contributed by atoms with Crippen LogP contribution in [0.25, 0.3) is 0 Å². The third-order valence-corrected chi connectivity index (χ3v) is 4.63. The highest BCUT2D eigenvalue weighted by Crippen LogP contribution is 2.34. The highest BCUT2D eigenvalue weighted by molar-refractivity contribution is 14.1. The minimum atomic E-state index is -0.641. The zero-order valence-corrected chi connectivity index (χ0v) is 13.0. The first-order valence-corrected chi connectivity index (χ1v) is 7.42. The number of hydrogen-bond donors (Lipinski definition) is 1. The Morgan fingerprint density at radius 1 is 1.38 bits per heavy atom. The van der Waals surface area contributed by atoms with E-state index in [2.05, 4.69) is 22.6 Å². The lowest BCUT2D eigenvalue weighted by molar-refractivity contribution is -0.125. The summed E-state index contributed by atoms with van der Waals surface area (Å²) in [6, 6.07) is 5.10. The minimum absolute atomic E-state index is 0.00506. The van der Waals surface area contributed by atoms with Crippen molar-refractivity contribution in [3.8, 4) is 6.07 Å². The van der Waals surface area contributed by atoms with Crippen molar-refractivity contribution in [2.24, 2.45) is 5.73 Å². The van der Waals surface area contributed by atoms with E-state index in [1.165, 1.54) is 17.0 Å². The molecule has 0 bridgehead atoms. The number of alkyl halides is 1. The smallest absolute Gasteiger partial charge is 0.266 e. The molecule has 21 heavy (non-hydrogen) atoms. The van der Waals surface area contributed by atoms with Crippen LogP contribution in [0.4, 0.5) is 8.78 Å². The molecule has 1 aliphatic rings. The molecule has 1 saturated heterocycles. The first-order valence-electron chi connectivity index (χ1n) is 6.17. The van der Waals surface area contributed by atoms with Gasteiger partial charge in [-0.05, 0) is 17.7 Å². The number of nitrogens with zero attached hydrogens (tertiary/aromatic N) is 2. The fourth-order valence-corrected chi connectivity index (χ4v) is 3.48. The van der Waals surface area contributed by atoms with Crippen LogP contribution in [0, 0.1) is 23.0 Å². The van der Waals surface area contributed by atoms with Crippen LogP contribution in [-0.4, -0.2) is 27.8 Å². The second-order valence-electron chi connectivity index (χ2n) is 4.73. The first kappa shape index (κ1) is 15.7. The fourth-order valence-electron chi connectivity index (χ4n) is 2.36. The molecular formula is C14H12F2IN3O. The van der Waals surface area contributed by atoms with Crippen molar-refractivity contribution in [1.29, 1.82) is 5.26 Å². The van der Waals surface area contributed by atoms with Gasteiger partial charge in [0.1, 0.15) is 23.3 Å². The van der Waals surface area contributed by atoms with Crippen LogP contribution in [0.5, 0.6) is 0 Å². The van der Waals surface area contributed by atoms with Crippen molar-refractivity contribution >= 4 is 28.5 Å². The van der Waals surface area contributed by atoms with E-state index in [0.717, 1.165) is 12.3 Å². The Morgan fingerprint density at radius 3 is 2.52 bits per heavy atom. The fraction of sp³-hybridized carbons (Fsp3) is 0.286. The van der Waals surface area contributed by atoms with Gasteiger partial charge in [-0.15, -0.1) is 0 Å². The zero-order chi connectivity index (χ0) is 15.6. The van der Waals surface area contributed by atoms with Crippen LogP contribution in [0.1, 0.15) is 11.5 Å². The molecule has 1 aromatic rings. The number of carbonyl (C=O) groups excluding carboxylic acids is 1. The number of nitriles is 1. The molecule has 110 valence electrons. The SMILES string of the molecule is N#C/C(=C\N)C(=O)N1CC(I)C(c2cc(F)cc(F)c2)C1. The predicted octanol–water partition coefficient (Wildman–Crippen LogP) is 2.06. The Morgan fingerprint density at radius 2 is 2.00 bits per heavy atom. The van der Waals surface area contributed by atoms with Gasteiger partial charge in [-0.1, -0.05) is 22.6 Å². The summed E-state index contributed by atoms with van der Waals surface area (Å²) in [6.07, 6.45) is 0.972. The molecule has 0 spiro atoms. The maximum absolute atomic E-state index is 13.3. The summed E-state index contributed by atoms with van der Waals surface area (Å²) in [5.41, 5.74) is 5.62. The summed E-state index contributed by atoms with van der Waals surface area (Å²) in [7, 11) is 0. The van der Waals surface area contributed by atoms with Gasteiger partial charge in [-0.2, -0.15) is 5.26 Å². The van der Waals surface area contributed by atoms with Crippen molar-refractivity contribution in [1.82, 2.24) is 4.90 Å². The topological polar surface area (TPSA) is 70.1 Å². The molecule has 7 heteroatoms. The normalized spacial score (nSPS) is 22.2. The zero-order valence-electron chi connectivity index (χ0n) is 10.9. The summed E-state index contributed by atoms with van der Waals surface area (Å²) < 4.78 is 26.6. The summed E-state index contributed by atoms with van der Waals surface area (Å²) >= 11 is 2.14. The third-order valence-electron chi connectivity index (χ3n) is 3.37. The number of benzene rings is 1. The number of carbonyl (C=O) groups is 1. The van der Waals surface area contributed by atoms with E-state index in [1.807, 2.05) is 0 Å². The van der Waals surface area contributed by atoms with E-state index >= 15 is 0 Å². The molecule has 0 saturated carbocycles. The lowest BCUT2D eigenvalue weighted by Crippen LogP contribution is -2.30. The lowest BCUT2D eigenvalue weighted by Gasteiger charge is -2.16. The number of halogens is 3. The average molecular weight is 403 g/mol. The second-order valence-corrected chi connectivity index (χ2v) is 6.33. The predicted molar refractivity (Wildman–Crippen MR) is 81.4 cm³/mol. The highest BCUT2D eigenvalue weighted by Gasteiger charge is 2.35. The summed E-state index contributed by atoms with van der Waals surface area (Å²) in [5.74, 6) is -1.92. The molecular weight excluding hydrogens is 391 g/mol. The third kappa shape index (κ3) is 3.32. The van der Waals surface area contributed by atoms with Gasteiger partial charge >= 0.3 is 0 Å². The van der Waals surface area contributed by atoms with Gasteiger partial charge in [0.25, 0.3) is 5.91 Å². The number of amides is 1. The van der Waals surface area contributed by atoms with Crippen molar-refractivity contribution in [2.45, 2.75) is 9.84 Å². The van der Waals surface area contributed by atoms with Crippen LogP contribution < -0.4 is 5.73 Å². The van der Waals surface area contributed by atoms with E-state index < -0.39 is 17.5 Å². The molecule has 4 nitrogen and oxygen atoms in total. The molecule has 1 fully saturated rings. The standard InChI is InChI=1S/C14H12F2IN3O/c15-10-1-8(2-11(16)3-10)12-6-20(7-13(12)17)14(21)9(4-18)5-19/h1-4,12-13H,6-7,18H2/b9-4+. The highest BCUT2D eigenvalue weighted by atomic mass is 127. The quantitative estimate of drug-likeness (QED) is 0.356. The average Bonchev–Trinajstić information content (AvgIpc) is 2.81. The Labute approximate surface area is 134 Å². The molecule has 2 N–H and O–H groups in total. The van der Waals surface area contributed by atoms with Gasteiger partial charge in [0.15, 0.2) is 0 Å². The molecule has 2 unspecified atom stereocenters. The van der Waals surface area contributed by atoms with Crippen LogP contribution in [0.15, 0.2) is 30.0 Å². The number of nitrogens with two attached hydrogens (primary N) is 1. The monoisotopic (exact) mass is 403 g/mol. The van der Waals surface area contributed by atoms with Crippen LogP contribution in [0.3, 0.4) is 0 Å². The molecule has 0 aromatic heterocycles. The van der Waals surface area contributed by atoms with Crippen molar-refractivity contribution in [2.75, 3.05) is 13.1 Å². The summed E-state index contributed by atoms with van der Waals surface area (Å²) in [4.78, 5) is 13.5. The molecule has 1 amide bonds. The van der Waals surface area contributed by atoms with E-state index in [4.69, 9.17) is 11.0 Å². The van der Waals surface area contributed by atoms with Gasteiger partial charge in [0, 0.05) is 35.2 Å². The van der Waals surface area contributed by atoms with Gasteiger partial charge < -0.3 is 10.6 Å². The van der Waals surface area contributed by atoms with Gasteiger partial charge in [0.2, 0.25) is 0 Å². The van der Waals surface area contributed by atoms with Gasteiger partial charge in [0.05, 0.1) is 0 Å². The van der Waals surface area contributed by atoms with Gasteiger partial charge in [-0.25, -0.2) is 8.78 Å². The van der Waals surface area contributed by atoms with Crippen molar-refractivity contribution in [3.63, 3.8) is 0 Å². The van der Waals surface area contributed by atoms with E-state index in [1.54, 1.807) is 6.07 Å². The minimum Gasteiger partial charge on any atom is -0.403 e. The summed E-state index contributed by atoms with van der Waals surface area (Å²) in [5, 5.41) is 8.83. The van der Waals surface area contributed by atoms with E-state index in [-0.39, 0.29) is 15.4 Å². The first-order chi connectivity index (χ1) is 9.96. The number of rotatable bonds is 2. The maximum atomic E-state index is 13.3. The van der Waals surface area contributed by atoms with Crippen LogP contribution in [0.2, 0.25) is 0 Å². The van der Waals surface area contributed by atoms with Crippen molar-refractivity contribution < 1.29 is 13.6 Å². The van der Waals surface area contributed by atoms with Gasteiger partial charge in [-0.3, -0.25) is 4.79 Å². The second kappa shape index (κ2) is 6.39. The van der Waals surface area contributed by atoms with Crippen LogP contribution >= 0.6 is 22.6 Å². The van der Waals surface area contributed by atoms with E-state index in [0.29, 0.717) is 18.7 Å². The molecule has 2 atom stereocenters. The van der Waals surface area contributed by atoms with Crippen molar-refractivity contribution in [3.05, 3.63) is 47.2 Å². The Hall–Kier alpha value is -1.69. The summed E-state index contributed by atoms with van der Waals surface area (Å²) in [6.45, 7) is 0.704. The Balaban J connectivity index is 2.22. The largest absolute Gasteiger partial charge is 0.403 e. The molecule has 0 aliphatic carbocycles. The molecule has 0 radical (unpaired) electrons. The lowest BCUT2D eigenvalue weighted by atomic mass is 9.98. The number of likely N-dealkylation sites (tertiary alicyclic amines) is 1. The molecule has 1 aromatic carbocycles. The van der Waals surface area contributed by atoms with E-state index in [9.17, 15) is 13.6 Å².